The summed E-state index contributed by atoms with van der Waals surface area (Å²) < 4.78 is 1.82. The summed E-state index contributed by atoms with van der Waals surface area (Å²) in [5.41, 5.74) is 1.69. The summed E-state index contributed by atoms with van der Waals surface area (Å²) in [6.45, 7) is 12.5. The molecule has 0 saturated carbocycles. The zero-order valence-corrected chi connectivity index (χ0v) is 14.8. The van der Waals surface area contributed by atoms with Crippen LogP contribution >= 0.6 is 11.3 Å². The standard InChI is InChI=1S/C15H23N5OS/c1-9-7-12(20(19-9)15(4,5)6)18-14(21)16-8-13-17-10(2)11(3)22-13/h7H,8H2,1-6H3,(H2,16,18,21). The molecule has 0 aliphatic carbocycles. The largest absolute Gasteiger partial charge is 0.331 e. The predicted octanol–water partition coefficient (Wildman–Crippen LogP) is 3.34. The number of thiazole rings is 1. The lowest BCUT2D eigenvalue weighted by molar-refractivity contribution is 0.251. The summed E-state index contributed by atoms with van der Waals surface area (Å²) in [5.74, 6) is 0.689. The van der Waals surface area contributed by atoms with E-state index in [1.165, 1.54) is 4.88 Å². The zero-order valence-electron chi connectivity index (χ0n) is 13.9. The van der Waals surface area contributed by atoms with Gasteiger partial charge in [0.05, 0.1) is 23.5 Å². The first-order valence-corrected chi connectivity index (χ1v) is 8.03. The molecule has 2 rings (SSSR count). The molecule has 0 aliphatic heterocycles. The van der Waals surface area contributed by atoms with Gasteiger partial charge in [0.2, 0.25) is 0 Å². The van der Waals surface area contributed by atoms with Gasteiger partial charge >= 0.3 is 6.03 Å². The number of carbonyl (C=O) groups is 1. The molecule has 6 nitrogen and oxygen atoms in total. The minimum Gasteiger partial charge on any atom is -0.331 e. The number of aryl methyl sites for hydroxylation is 3. The highest BCUT2D eigenvalue weighted by Crippen LogP contribution is 2.21. The third kappa shape index (κ3) is 3.85. The van der Waals surface area contributed by atoms with Crippen molar-refractivity contribution in [2.45, 2.75) is 53.6 Å². The Morgan fingerprint density at radius 1 is 1.32 bits per heavy atom. The highest BCUT2D eigenvalue weighted by Gasteiger charge is 2.20. The molecular weight excluding hydrogens is 298 g/mol. The number of amides is 2. The molecule has 2 N–H and O–H groups in total. The lowest BCUT2D eigenvalue weighted by atomic mass is 10.1. The second kappa shape index (κ2) is 6.08. The van der Waals surface area contributed by atoms with Gasteiger partial charge in [-0.3, -0.25) is 5.32 Å². The zero-order chi connectivity index (χ0) is 16.5. The Morgan fingerprint density at radius 3 is 2.55 bits per heavy atom. The molecule has 2 aromatic heterocycles. The van der Waals surface area contributed by atoms with Crippen LogP contribution in [0.3, 0.4) is 0 Å². The van der Waals surface area contributed by atoms with Crippen molar-refractivity contribution in [2.24, 2.45) is 0 Å². The molecule has 0 radical (unpaired) electrons. The maximum atomic E-state index is 12.1. The van der Waals surface area contributed by atoms with E-state index in [1.54, 1.807) is 11.3 Å². The van der Waals surface area contributed by atoms with E-state index >= 15 is 0 Å². The Bertz CT molecular complexity index is 661. The maximum absolute atomic E-state index is 12.1. The van der Waals surface area contributed by atoms with Crippen LogP contribution in [0, 0.1) is 20.8 Å². The van der Waals surface area contributed by atoms with Crippen molar-refractivity contribution in [1.29, 1.82) is 0 Å². The van der Waals surface area contributed by atoms with Crippen LogP contribution in [0.1, 0.15) is 42.0 Å². The van der Waals surface area contributed by atoms with Crippen molar-refractivity contribution in [3.8, 4) is 0 Å². The average Bonchev–Trinajstić information content (AvgIpc) is 2.90. The molecule has 0 aliphatic rings. The van der Waals surface area contributed by atoms with Gasteiger partial charge in [-0.05, 0) is 41.5 Å². The normalized spacial score (nSPS) is 11.5. The van der Waals surface area contributed by atoms with E-state index in [0.29, 0.717) is 12.4 Å². The molecule has 2 aromatic rings. The van der Waals surface area contributed by atoms with Crippen LogP contribution in [0.25, 0.3) is 0 Å². The van der Waals surface area contributed by atoms with E-state index in [4.69, 9.17) is 0 Å². The smallest absolute Gasteiger partial charge is 0.320 e. The van der Waals surface area contributed by atoms with Crippen molar-refractivity contribution >= 4 is 23.2 Å². The first-order chi connectivity index (χ1) is 10.2. The predicted molar refractivity (Wildman–Crippen MR) is 89.4 cm³/mol. The molecule has 120 valence electrons. The Hall–Kier alpha value is -1.89. The quantitative estimate of drug-likeness (QED) is 0.910. The molecular formula is C15H23N5OS. The highest BCUT2D eigenvalue weighted by atomic mass is 32.1. The third-order valence-electron chi connectivity index (χ3n) is 3.18. The molecule has 0 atom stereocenters. The fourth-order valence-corrected chi connectivity index (χ4v) is 2.90. The molecule has 0 fully saturated rings. The molecule has 0 spiro atoms. The van der Waals surface area contributed by atoms with Gasteiger partial charge in [0, 0.05) is 10.9 Å². The summed E-state index contributed by atoms with van der Waals surface area (Å²) in [7, 11) is 0. The Kier molecular flexibility index (Phi) is 4.55. The SMILES string of the molecule is Cc1cc(NC(=O)NCc2nc(C)c(C)s2)n(C(C)(C)C)n1. The van der Waals surface area contributed by atoms with Crippen LogP contribution in [0.2, 0.25) is 0 Å². The number of carbonyl (C=O) groups excluding carboxylic acids is 1. The second-order valence-electron chi connectivity index (χ2n) is 6.31. The van der Waals surface area contributed by atoms with Crippen LogP contribution in [-0.2, 0) is 12.1 Å². The van der Waals surface area contributed by atoms with Gasteiger partial charge in [-0.25, -0.2) is 14.5 Å². The van der Waals surface area contributed by atoms with Gasteiger partial charge in [0.15, 0.2) is 0 Å². The second-order valence-corrected chi connectivity index (χ2v) is 7.60. The van der Waals surface area contributed by atoms with Crippen LogP contribution in [-0.4, -0.2) is 20.8 Å². The van der Waals surface area contributed by atoms with Crippen molar-refractivity contribution < 1.29 is 4.79 Å². The molecule has 0 unspecified atom stereocenters. The van der Waals surface area contributed by atoms with Crippen molar-refractivity contribution in [3.63, 3.8) is 0 Å². The molecule has 0 bridgehead atoms. The fraction of sp³-hybridized carbons (Fsp3) is 0.533. The number of hydrogen-bond acceptors (Lipinski definition) is 4. The Morgan fingerprint density at radius 2 is 2.00 bits per heavy atom. The molecule has 0 saturated heterocycles. The maximum Gasteiger partial charge on any atom is 0.320 e. The van der Waals surface area contributed by atoms with Crippen LogP contribution in [0.5, 0.6) is 0 Å². The Balaban J connectivity index is 2.00. The molecule has 2 amide bonds. The van der Waals surface area contributed by atoms with Gasteiger partial charge in [0.25, 0.3) is 0 Å². The molecule has 0 aromatic carbocycles. The van der Waals surface area contributed by atoms with Gasteiger partial charge in [0.1, 0.15) is 10.8 Å². The molecule has 7 heteroatoms. The summed E-state index contributed by atoms with van der Waals surface area (Å²) in [4.78, 5) is 17.7. The van der Waals surface area contributed by atoms with Crippen LogP contribution < -0.4 is 10.6 Å². The first kappa shape index (κ1) is 16.5. The monoisotopic (exact) mass is 321 g/mol. The topological polar surface area (TPSA) is 71.8 Å². The van der Waals surface area contributed by atoms with Gasteiger partial charge in [-0.15, -0.1) is 11.3 Å². The molecule has 2 heterocycles. The van der Waals surface area contributed by atoms with Crippen LogP contribution in [0.15, 0.2) is 6.07 Å². The minimum absolute atomic E-state index is 0.194. The van der Waals surface area contributed by atoms with Crippen LogP contribution in [0.4, 0.5) is 10.6 Å². The van der Waals surface area contributed by atoms with Gasteiger partial charge < -0.3 is 5.32 Å². The number of rotatable bonds is 3. The minimum atomic E-state index is -0.254. The average molecular weight is 321 g/mol. The lowest BCUT2D eigenvalue weighted by Crippen LogP contribution is -2.32. The summed E-state index contributed by atoms with van der Waals surface area (Å²) >= 11 is 1.60. The Labute approximate surface area is 135 Å². The third-order valence-corrected chi connectivity index (χ3v) is 4.25. The number of urea groups is 1. The number of nitrogens with zero attached hydrogens (tertiary/aromatic N) is 3. The first-order valence-electron chi connectivity index (χ1n) is 7.21. The van der Waals surface area contributed by atoms with Gasteiger partial charge in [-0.2, -0.15) is 5.10 Å². The van der Waals surface area contributed by atoms with Gasteiger partial charge in [-0.1, -0.05) is 0 Å². The highest BCUT2D eigenvalue weighted by molar-refractivity contribution is 7.11. The van der Waals surface area contributed by atoms with Crippen molar-refractivity contribution in [2.75, 3.05) is 5.32 Å². The number of aromatic nitrogens is 3. The number of hydrogen-bond donors (Lipinski definition) is 2. The molecule has 22 heavy (non-hydrogen) atoms. The van der Waals surface area contributed by atoms with E-state index in [2.05, 4.69) is 20.7 Å². The van der Waals surface area contributed by atoms with Crippen molar-refractivity contribution in [3.05, 3.63) is 27.3 Å². The fourth-order valence-electron chi connectivity index (χ4n) is 2.03. The summed E-state index contributed by atoms with van der Waals surface area (Å²) in [6.07, 6.45) is 0. The lowest BCUT2D eigenvalue weighted by Gasteiger charge is -2.22. The number of anilines is 1. The van der Waals surface area contributed by atoms with E-state index in [-0.39, 0.29) is 11.6 Å². The summed E-state index contributed by atoms with van der Waals surface area (Å²) in [5, 5.41) is 11.0. The van der Waals surface area contributed by atoms with E-state index in [9.17, 15) is 4.79 Å². The van der Waals surface area contributed by atoms with Crippen molar-refractivity contribution in [1.82, 2.24) is 20.1 Å². The summed E-state index contributed by atoms with van der Waals surface area (Å²) in [6, 6.07) is 1.61. The van der Waals surface area contributed by atoms with E-state index < -0.39 is 0 Å². The van der Waals surface area contributed by atoms with E-state index in [1.807, 2.05) is 52.3 Å². The number of nitrogens with one attached hydrogen (secondary N) is 2. The van der Waals surface area contributed by atoms with E-state index in [0.717, 1.165) is 16.4 Å².